The number of rotatable bonds is 6. The molecule has 96 valence electrons. The highest BCUT2D eigenvalue weighted by molar-refractivity contribution is 6.30. The predicted molar refractivity (Wildman–Crippen MR) is 73.4 cm³/mol. The first-order chi connectivity index (χ1) is 8.74. The smallest absolute Gasteiger partial charge is 0.306 e. The summed E-state index contributed by atoms with van der Waals surface area (Å²) in [4.78, 5) is 11.4. The maximum Gasteiger partial charge on any atom is 0.306 e. The quantitative estimate of drug-likeness (QED) is 0.724. The average molecular weight is 265 g/mol. The van der Waals surface area contributed by atoms with Gasteiger partial charge in [-0.05, 0) is 36.1 Å². The summed E-state index contributed by atoms with van der Waals surface area (Å²) in [7, 11) is 0. The Balaban J connectivity index is 1.64. The molecule has 0 atom stereocenters. The van der Waals surface area contributed by atoms with Crippen molar-refractivity contribution in [3.05, 3.63) is 40.9 Å². The van der Waals surface area contributed by atoms with Gasteiger partial charge in [-0.3, -0.25) is 4.79 Å². The van der Waals surface area contributed by atoms with E-state index in [1.54, 1.807) is 0 Å². The summed E-state index contributed by atoms with van der Waals surface area (Å²) < 4.78 is 5.11. The molecule has 1 fully saturated rings. The summed E-state index contributed by atoms with van der Waals surface area (Å²) in [5, 5.41) is 0.721. The van der Waals surface area contributed by atoms with Crippen molar-refractivity contribution < 1.29 is 9.53 Å². The van der Waals surface area contributed by atoms with Crippen molar-refractivity contribution in [2.75, 3.05) is 6.61 Å². The van der Waals surface area contributed by atoms with E-state index in [0.29, 0.717) is 13.0 Å². The van der Waals surface area contributed by atoms with Crippen molar-refractivity contribution in [1.29, 1.82) is 0 Å². The van der Waals surface area contributed by atoms with E-state index in [2.05, 4.69) is 0 Å². The summed E-state index contributed by atoms with van der Waals surface area (Å²) in [5.74, 6) is 0.685. The van der Waals surface area contributed by atoms with Crippen LogP contribution in [-0.2, 0) is 9.53 Å². The standard InChI is InChI=1S/C15H17ClO2/c16-14-8-5-12(6-9-14)2-1-11-18-15(17)10-7-13-3-4-13/h1-2,5-6,8-9,13H,3-4,7,10-11H2. The van der Waals surface area contributed by atoms with Crippen LogP contribution in [0.15, 0.2) is 30.3 Å². The number of esters is 1. The maximum atomic E-state index is 11.4. The highest BCUT2D eigenvalue weighted by Crippen LogP contribution is 2.33. The van der Waals surface area contributed by atoms with E-state index in [0.717, 1.165) is 22.9 Å². The molecule has 0 amide bonds. The maximum absolute atomic E-state index is 11.4. The Bertz CT molecular complexity index is 419. The number of benzene rings is 1. The minimum absolute atomic E-state index is 0.0948. The molecule has 0 aliphatic heterocycles. The molecule has 3 heteroatoms. The Morgan fingerprint density at radius 3 is 2.72 bits per heavy atom. The van der Waals surface area contributed by atoms with Gasteiger partial charge in [-0.2, -0.15) is 0 Å². The molecule has 0 radical (unpaired) electrons. The van der Waals surface area contributed by atoms with E-state index in [9.17, 15) is 4.79 Å². The minimum atomic E-state index is -0.0948. The van der Waals surface area contributed by atoms with Gasteiger partial charge in [0.25, 0.3) is 0 Å². The molecule has 1 aliphatic carbocycles. The van der Waals surface area contributed by atoms with Crippen molar-refractivity contribution in [2.24, 2.45) is 5.92 Å². The van der Waals surface area contributed by atoms with Gasteiger partial charge in [0.1, 0.15) is 6.61 Å². The molecular formula is C15H17ClO2. The second kappa shape index (κ2) is 6.60. The zero-order valence-electron chi connectivity index (χ0n) is 10.3. The van der Waals surface area contributed by atoms with Crippen molar-refractivity contribution in [3.63, 3.8) is 0 Å². The fourth-order valence-electron chi connectivity index (χ4n) is 1.70. The van der Waals surface area contributed by atoms with Crippen LogP contribution in [0, 0.1) is 5.92 Å². The minimum Gasteiger partial charge on any atom is -0.461 e. The summed E-state index contributed by atoms with van der Waals surface area (Å²) in [6.07, 6.45) is 7.87. The fraction of sp³-hybridized carbons (Fsp3) is 0.400. The fourth-order valence-corrected chi connectivity index (χ4v) is 1.83. The first-order valence-corrected chi connectivity index (χ1v) is 6.69. The summed E-state index contributed by atoms with van der Waals surface area (Å²) in [6.45, 7) is 0.339. The molecular weight excluding hydrogens is 248 g/mol. The SMILES string of the molecule is O=C(CCC1CC1)OCC=Cc1ccc(Cl)cc1. The molecule has 2 rings (SSSR count). The van der Waals surface area contributed by atoms with Crippen LogP contribution >= 0.6 is 11.6 Å². The predicted octanol–water partition coefficient (Wildman–Crippen LogP) is 4.09. The van der Waals surface area contributed by atoms with Crippen LogP contribution in [-0.4, -0.2) is 12.6 Å². The average Bonchev–Trinajstić information content (AvgIpc) is 3.18. The highest BCUT2D eigenvalue weighted by Gasteiger charge is 2.21. The van der Waals surface area contributed by atoms with Gasteiger partial charge in [-0.15, -0.1) is 0 Å². The van der Waals surface area contributed by atoms with Gasteiger partial charge in [0.15, 0.2) is 0 Å². The summed E-state index contributed by atoms with van der Waals surface area (Å²) >= 11 is 5.79. The van der Waals surface area contributed by atoms with Gasteiger partial charge >= 0.3 is 5.97 Å². The Labute approximate surface area is 113 Å². The third-order valence-electron chi connectivity index (χ3n) is 2.97. The zero-order valence-corrected chi connectivity index (χ0v) is 11.0. The zero-order chi connectivity index (χ0) is 12.8. The topological polar surface area (TPSA) is 26.3 Å². The van der Waals surface area contributed by atoms with Crippen LogP contribution < -0.4 is 0 Å². The number of halogens is 1. The lowest BCUT2D eigenvalue weighted by atomic mass is 10.2. The lowest BCUT2D eigenvalue weighted by Gasteiger charge is -2.00. The molecule has 0 unspecified atom stereocenters. The van der Waals surface area contributed by atoms with Gasteiger partial charge in [0.05, 0.1) is 0 Å². The van der Waals surface area contributed by atoms with Gasteiger partial charge in [-0.1, -0.05) is 42.7 Å². The second-order valence-electron chi connectivity index (χ2n) is 4.62. The molecule has 0 bridgehead atoms. The number of hydrogen-bond donors (Lipinski definition) is 0. The van der Waals surface area contributed by atoms with Gasteiger partial charge < -0.3 is 4.74 Å². The van der Waals surface area contributed by atoms with Crippen LogP contribution in [0.3, 0.4) is 0 Å². The molecule has 0 N–H and O–H groups in total. The third-order valence-corrected chi connectivity index (χ3v) is 3.23. The Hall–Kier alpha value is -1.28. The molecule has 0 spiro atoms. The Morgan fingerprint density at radius 1 is 1.33 bits per heavy atom. The largest absolute Gasteiger partial charge is 0.461 e. The van der Waals surface area contributed by atoms with Crippen molar-refractivity contribution in [3.8, 4) is 0 Å². The van der Waals surface area contributed by atoms with Gasteiger partial charge in [0, 0.05) is 11.4 Å². The highest BCUT2D eigenvalue weighted by atomic mass is 35.5. The second-order valence-corrected chi connectivity index (χ2v) is 5.06. The van der Waals surface area contributed by atoms with E-state index in [-0.39, 0.29) is 5.97 Å². The van der Waals surface area contributed by atoms with Crippen molar-refractivity contribution in [2.45, 2.75) is 25.7 Å². The molecule has 0 aromatic heterocycles. The van der Waals surface area contributed by atoms with Crippen LogP contribution in [0.4, 0.5) is 0 Å². The van der Waals surface area contributed by atoms with Crippen LogP contribution in [0.2, 0.25) is 5.02 Å². The van der Waals surface area contributed by atoms with E-state index < -0.39 is 0 Å². The van der Waals surface area contributed by atoms with Gasteiger partial charge in [-0.25, -0.2) is 0 Å². The number of carbonyl (C=O) groups excluding carboxylic acids is 1. The first kappa shape index (κ1) is 13.2. The number of carbonyl (C=O) groups is 1. The first-order valence-electron chi connectivity index (χ1n) is 6.32. The van der Waals surface area contributed by atoms with E-state index in [1.807, 2.05) is 36.4 Å². The van der Waals surface area contributed by atoms with Crippen molar-refractivity contribution in [1.82, 2.24) is 0 Å². The normalized spacial score (nSPS) is 14.9. The Kier molecular flexibility index (Phi) is 4.82. The molecule has 1 aromatic carbocycles. The lowest BCUT2D eigenvalue weighted by molar-refractivity contribution is -0.142. The van der Waals surface area contributed by atoms with Crippen molar-refractivity contribution >= 4 is 23.6 Å². The lowest BCUT2D eigenvalue weighted by Crippen LogP contribution is -2.04. The Morgan fingerprint density at radius 2 is 2.06 bits per heavy atom. The third kappa shape index (κ3) is 4.92. The molecule has 2 nitrogen and oxygen atoms in total. The molecule has 1 aliphatic rings. The molecule has 1 saturated carbocycles. The molecule has 18 heavy (non-hydrogen) atoms. The van der Waals surface area contributed by atoms with Crippen LogP contribution in [0.1, 0.15) is 31.2 Å². The van der Waals surface area contributed by atoms with E-state index in [1.165, 1.54) is 12.8 Å². The molecule has 1 aromatic rings. The summed E-state index contributed by atoms with van der Waals surface area (Å²) in [5.41, 5.74) is 1.05. The van der Waals surface area contributed by atoms with Crippen LogP contribution in [0.5, 0.6) is 0 Å². The van der Waals surface area contributed by atoms with Gasteiger partial charge in [0.2, 0.25) is 0 Å². The summed E-state index contributed by atoms with van der Waals surface area (Å²) in [6, 6.07) is 7.52. The van der Waals surface area contributed by atoms with E-state index >= 15 is 0 Å². The number of ether oxygens (including phenoxy) is 1. The number of hydrogen-bond acceptors (Lipinski definition) is 2. The molecule has 0 heterocycles. The van der Waals surface area contributed by atoms with Crippen LogP contribution in [0.25, 0.3) is 6.08 Å². The monoisotopic (exact) mass is 264 g/mol. The molecule has 0 saturated heterocycles. The van der Waals surface area contributed by atoms with E-state index in [4.69, 9.17) is 16.3 Å².